The average Bonchev–Trinajstić information content (AvgIpc) is 2.69. The number of rotatable bonds is 4. The zero-order valence-corrected chi connectivity index (χ0v) is 15.3. The number of aliphatic hydroxyl groups is 1. The zero-order chi connectivity index (χ0) is 18.8. The quantitative estimate of drug-likeness (QED) is 0.738. The average molecular weight is 387 g/mol. The van der Waals surface area contributed by atoms with E-state index < -0.39 is 0 Å². The van der Waals surface area contributed by atoms with Gasteiger partial charge in [-0.3, -0.25) is 14.7 Å². The number of pyridine rings is 1. The van der Waals surface area contributed by atoms with Gasteiger partial charge in [0.05, 0.1) is 25.2 Å². The molecule has 1 atom stereocenters. The van der Waals surface area contributed by atoms with Crippen LogP contribution in [0.4, 0.5) is 0 Å². The van der Waals surface area contributed by atoms with Gasteiger partial charge in [-0.05, 0) is 24.3 Å². The maximum absolute atomic E-state index is 13.1. The van der Waals surface area contributed by atoms with Crippen LogP contribution < -0.4 is 5.56 Å². The SMILES string of the molecule is O=c1c2cccnc2c(-c2cccc(Cl)c2)nn1C1COCCN1CCO. The smallest absolute Gasteiger partial charge is 0.277 e. The number of aliphatic hydroxyl groups excluding tert-OH is 1. The second kappa shape index (κ2) is 7.74. The summed E-state index contributed by atoms with van der Waals surface area (Å²) in [5, 5.41) is 15.1. The van der Waals surface area contributed by atoms with Crippen LogP contribution in [0, 0.1) is 0 Å². The van der Waals surface area contributed by atoms with Crippen LogP contribution >= 0.6 is 11.6 Å². The third-order valence-corrected chi connectivity index (χ3v) is 4.89. The summed E-state index contributed by atoms with van der Waals surface area (Å²) in [5.74, 6) is 0. The van der Waals surface area contributed by atoms with E-state index in [1.54, 1.807) is 30.5 Å². The second-order valence-corrected chi connectivity index (χ2v) is 6.76. The van der Waals surface area contributed by atoms with Crippen LogP contribution in [0.5, 0.6) is 0 Å². The number of ether oxygens (including phenoxy) is 1. The zero-order valence-electron chi connectivity index (χ0n) is 14.6. The number of benzene rings is 1. The third kappa shape index (κ3) is 3.46. The number of hydrogen-bond donors (Lipinski definition) is 1. The molecule has 1 N–H and O–H groups in total. The molecule has 8 heteroatoms. The Kier molecular flexibility index (Phi) is 5.18. The summed E-state index contributed by atoms with van der Waals surface area (Å²) in [4.78, 5) is 19.5. The normalized spacial score (nSPS) is 18.1. The van der Waals surface area contributed by atoms with E-state index >= 15 is 0 Å². The molecule has 2 aromatic heterocycles. The highest BCUT2D eigenvalue weighted by molar-refractivity contribution is 6.30. The lowest BCUT2D eigenvalue weighted by Crippen LogP contribution is -2.47. The first-order valence-corrected chi connectivity index (χ1v) is 9.13. The minimum absolute atomic E-state index is 0.00153. The molecule has 3 aromatic rings. The molecule has 1 fully saturated rings. The predicted octanol–water partition coefficient (Wildman–Crippen LogP) is 1.94. The molecule has 4 rings (SSSR count). The molecule has 0 saturated carbocycles. The minimum atomic E-state index is -0.388. The Labute approximate surface area is 160 Å². The van der Waals surface area contributed by atoms with Crippen molar-refractivity contribution in [2.75, 3.05) is 32.9 Å². The highest BCUT2D eigenvalue weighted by Crippen LogP contribution is 2.26. The first-order valence-electron chi connectivity index (χ1n) is 8.75. The first-order chi connectivity index (χ1) is 13.2. The van der Waals surface area contributed by atoms with E-state index in [1.165, 1.54) is 4.68 Å². The third-order valence-electron chi connectivity index (χ3n) is 4.66. The number of aromatic nitrogens is 3. The number of fused-ring (bicyclic) bond motifs is 1. The summed E-state index contributed by atoms with van der Waals surface area (Å²) >= 11 is 6.16. The van der Waals surface area contributed by atoms with Crippen molar-refractivity contribution in [3.8, 4) is 11.3 Å². The van der Waals surface area contributed by atoms with E-state index in [4.69, 9.17) is 16.3 Å². The predicted molar refractivity (Wildman–Crippen MR) is 103 cm³/mol. The molecule has 0 aliphatic carbocycles. The molecule has 0 radical (unpaired) electrons. The van der Waals surface area contributed by atoms with Crippen molar-refractivity contribution in [1.29, 1.82) is 0 Å². The van der Waals surface area contributed by atoms with Gasteiger partial charge < -0.3 is 9.84 Å². The molecule has 1 aromatic carbocycles. The minimum Gasteiger partial charge on any atom is -0.395 e. The van der Waals surface area contributed by atoms with E-state index in [9.17, 15) is 9.90 Å². The summed E-state index contributed by atoms with van der Waals surface area (Å²) in [6.07, 6.45) is 1.25. The fourth-order valence-corrected chi connectivity index (χ4v) is 3.55. The first kappa shape index (κ1) is 18.1. The van der Waals surface area contributed by atoms with E-state index in [-0.39, 0.29) is 18.3 Å². The summed E-state index contributed by atoms with van der Waals surface area (Å²) in [6.45, 7) is 1.95. The standard InChI is InChI=1S/C19H19ClN4O3/c20-14-4-1-3-13(11-14)17-18-15(5-2-6-21-18)19(26)24(22-17)16-12-27-10-8-23(16)7-9-25/h1-6,11,16,25H,7-10,12H2. The van der Waals surface area contributed by atoms with E-state index in [2.05, 4.69) is 10.1 Å². The van der Waals surface area contributed by atoms with Crippen LogP contribution in [0.3, 0.4) is 0 Å². The molecule has 140 valence electrons. The van der Waals surface area contributed by atoms with Gasteiger partial charge >= 0.3 is 0 Å². The van der Waals surface area contributed by atoms with Crippen molar-refractivity contribution < 1.29 is 9.84 Å². The highest BCUT2D eigenvalue weighted by Gasteiger charge is 2.27. The largest absolute Gasteiger partial charge is 0.395 e. The monoisotopic (exact) mass is 386 g/mol. The van der Waals surface area contributed by atoms with Crippen LogP contribution in [0.1, 0.15) is 6.17 Å². The van der Waals surface area contributed by atoms with Crippen molar-refractivity contribution in [2.45, 2.75) is 6.17 Å². The number of halogens is 1. The van der Waals surface area contributed by atoms with Crippen molar-refractivity contribution in [1.82, 2.24) is 19.7 Å². The molecule has 0 amide bonds. The van der Waals surface area contributed by atoms with Crippen molar-refractivity contribution in [3.05, 3.63) is 58.0 Å². The maximum atomic E-state index is 13.1. The van der Waals surface area contributed by atoms with E-state index in [1.807, 2.05) is 17.0 Å². The number of hydrogen-bond acceptors (Lipinski definition) is 6. The Morgan fingerprint density at radius 3 is 3.00 bits per heavy atom. The number of β-amino-alcohol motifs (C(OH)–C–C–N with tert-alkyl or cyclic N) is 1. The van der Waals surface area contributed by atoms with E-state index in [0.717, 1.165) is 5.56 Å². The second-order valence-electron chi connectivity index (χ2n) is 6.32. The van der Waals surface area contributed by atoms with Gasteiger partial charge in [-0.2, -0.15) is 5.10 Å². The lowest BCUT2D eigenvalue weighted by atomic mass is 10.1. The van der Waals surface area contributed by atoms with Gasteiger partial charge in [0.2, 0.25) is 0 Å². The van der Waals surface area contributed by atoms with Crippen LogP contribution in [0.2, 0.25) is 5.02 Å². The molecular formula is C19H19ClN4O3. The Morgan fingerprint density at radius 1 is 1.30 bits per heavy atom. The summed E-state index contributed by atoms with van der Waals surface area (Å²) in [5.41, 5.74) is 1.67. The van der Waals surface area contributed by atoms with Gasteiger partial charge in [-0.15, -0.1) is 0 Å². The van der Waals surface area contributed by atoms with Crippen LogP contribution in [-0.2, 0) is 4.74 Å². The summed E-state index contributed by atoms with van der Waals surface area (Å²) in [6, 6.07) is 10.8. The molecule has 3 heterocycles. The Morgan fingerprint density at radius 2 is 2.19 bits per heavy atom. The van der Waals surface area contributed by atoms with Crippen LogP contribution in [-0.4, -0.2) is 57.7 Å². The van der Waals surface area contributed by atoms with Gasteiger partial charge in [0.1, 0.15) is 17.4 Å². The number of morpholine rings is 1. The Bertz CT molecular complexity index is 1020. The maximum Gasteiger partial charge on any atom is 0.277 e. The molecule has 7 nitrogen and oxygen atoms in total. The summed E-state index contributed by atoms with van der Waals surface area (Å²) < 4.78 is 7.02. The lowest BCUT2D eigenvalue weighted by molar-refractivity contribution is -0.0494. The van der Waals surface area contributed by atoms with Crippen LogP contribution in [0.15, 0.2) is 47.4 Å². The molecule has 1 saturated heterocycles. The van der Waals surface area contributed by atoms with Crippen molar-refractivity contribution in [3.63, 3.8) is 0 Å². The topological polar surface area (TPSA) is 80.5 Å². The molecular weight excluding hydrogens is 368 g/mol. The van der Waals surface area contributed by atoms with E-state index in [0.29, 0.717) is 47.9 Å². The summed E-state index contributed by atoms with van der Waals surface area (Å²) in [7, 11) is 0. The molecule has 0 bridgehead atoms. The van der Waals surface area contributed by atoms with Gasteiger partial charge in [0.25, 0.3) is 5.56 Å². The molecule has 27 heavy (non-hydrogen) atoms. The Balaban J connectivity index is 1.94. The van der Waals surface area contributed by atoms with Gasteiger partial charge in [0, 0.05) is 29.9 Å². The number of nitrogens with zero attached hydrogens (tertiary/aromatic N) is 4. The van der Waals surface area contributed by atoms with Gasteiger partial charge in [-0.25, -0.2) is 4.68 Å². The van der Waals surface area contributed by atoms with Crippen molar-refractivity contribution >= 4 is 22.5 Å². The molecule has 1 aliphatic rings. The molecule has 0 spiro atoms. The fourth-order valence-electron chi connectivity index (χ4n) is 3.36. The lowest BCUT2D eigenvalue weighted by Gasteiger charge is -2.35. The van der Waals surface area contributed by atoms with Crippen molar-refractivity contribution in [2.24, 2.45) is 0 Å². The van der Waals surface area contributed by atoms with Crippen LogP contribution in [0.25, 0.3) is 22.2 Å². The highest BCUT2D eigenvalue weighted by atomic mass is 35.5. The fraction of sp³-hybridized carbons (Fsp3) is 0.316. The molecule has 1 aliphatic heterocycles. The van der Waals surface area contributed by atoms with Gasteiger partial charge in [0.15, 0.2) is 0 Å². The molecule has 1 unspecified atom stereocenters. The van der Waals surface area contributed by atoms with Gasteiger partial charge in [-0.1, -0.05) is 23.7 Å². The Hall–Kier alpha value is -2.32.